The first-order valence-electron chi connectivity index (χ1n) is 4.63. The zero-order chi connectivity index (χ0) is 13.8. The second-order valence-electron chi connectivity index (χ2n) is 3.08. The van der Waals surface area contributed by atoms with Crippen LogP contribution >= 0.6 is 0 Å². The number of phenols is 1. The molecule has 9 heteroatoms. The molecular weight excluding hydrogens is 264 g/mol. The third-order valence-electron chi connectivity index (χ3n) is 1.85. The lowest BCUT2D eigenvalue weighted by molar-refractivity contribution is 0.177. The lowest BCUT2D eigenvalue weighted by Crippen LogP contribution is -2.35. The number of nitrogens with one attached hydrogen (secondary N) is 2. The fraction of sp³-hybridized carbons (Fsp3) is 0.222. The van der Waals surface area contributed by atoms with E-state index >= 15 is 0 Å². The Kier molecular flexibility index (Phi) is 4.21. The zero-order valence-electron chi connectivity index (χ0n) is 9.63. The van der Waals surface area contributed by atoms with Crippen molar-refractivity contribution in [2.24, 2.45) is 0 Å². The second kappa shape index (κ2) is 5.45. The molecule has 0 aliphatic carbocycles. The van der Waals surface area contributed by atoms with Crippen LogP contribution in [-0.4, -0.2) is 33.8 Å². The lowest BCUT2D eigenvalue weighted by Gasteiger charge is -2.10. The molecule has 0 fully saturated rings. The Morgan fingerprint density at radius 3 is 2.56 bits per heavy atom. The van der Waals surface area contributed by atoms with Gasteiger partial charge in [-0.1, -0.05) is 0 Å². The van der Waals surface area contributed by atoms with Crippen LogP contribution in [0.3, 0.4) is 0 Å². The Morgan fingerprint density at radius 1 is 1.33 bits per heavy atom. The van der Waals surface area contributed by atoms with Crippen molar-refractivity contribution in [2.75, 3.05) is 18.9 Å². The first-order valence-corrected chi connectivity index (χ1v) is 6.12. The van der Waals surface area contributed by atoms with Crippen LogP contribution in [0.2, 0.25) is 0 Å². The molecule has 0 unspecified atom stereocenters. The maximum Gasteiger partial charge on any atom is 0.422 e. The van der Waals surface area contributed by atoms with Crippen LogP contribution in [0.1, 0.15) is 0 Å². The van der Waals surface area contributed by atoms with E-state index in [0.717, 1.165) is 7.11 Å². The molecule has 0 aromatic heterocycles. The molecule has 8 nitrogen and oxygen atoms in total. The quantitative estimate of drug-likeness (QED) is 0.686. The van der Waals surface area contributed by atoms with Crippen LogP contribution in [0, 0.1) is 0 Å². The number of anilines is 1. The molecule has 0 aliphatic heterocycles. The number of carbonyl (C=O) groups excluding carboxylic acids is 1. The third kappa shape index (κ3) is 3.70. The molecule has 100 valence electrons. The Balaban J connectivity index is 2.93. The highest BCUT2D eigenvalue weighted by molar-refractivity contribution is 7.91. The van der Waals surface area contributed by atoms with E-state index in [1.54, 1.807) is 4.72 Å². The highest BCUT2D eigenvalue weighted by atomic mass is 32.2. The van der Waals surface area contributed by atoms with E-state index in [-0.39, 0.29) is 11.4 Å². The number of amides is 1. The molecule has 0 atom stereocenters. The molecule has 0 aliphatic rings. The van der Waals surface area contributed by atoms with Crippen molar-refractivity contribution in [1.82, 2.24) is 4.72 Å². The van der Waals surface area contributed by atoms with Crippen LogP contribution in [0.5, 0.6) is 11.5 Å². The first kappa shape index (κ1) is 13.9. The zero-order valence-corrected chi connectivity index (χ0v) is 10.4. The number of phenolic OH excluding ortho intramolecular Hbond substituents is 1. The number of hydrogen-bond donors (Lipinski definition) is 3. The molecular formula is C9H12N2O6S. The van der Waals surface area contributed by atoms with Gasteiger partial charge in [-0.25, -0.2) is 9.52 Å². The third-order valence-corrected chi connectivity index (χ3v) is 2.78. The van der Waals surface area contributed by atoms with E-state index in [2.05, 4.69) is 4.74 Å². The topological polar surface area (TPSA) is 114 Å². The van der Waals surface area contributed by atoms with Gasteiger partial charge in [-0.15, -0.1) is 0 Å². The second-order valence-corrected chi connectivity index (χ2v) is 4.50. The van der Waals surface area contributed by atoms with Gasteiger partial charge in [0, 0.05) is 6.07 Å². The molecule has 0 spiro atoms. The van der Waals surface area contributed by atoms with Crippen LogP contribution in [0.25, 0.3) is 0 Å². The van der Waals surface area contributed by atoms with Gasteiger partial charge in [-0.05, 0) is 12.1 Å². The predicted octanol–water partition coefficient (Wildman–Crippen LogP) is 0.413. The maximum atomic E-state index is 11.4. The molecule has 1 rings (SSSR count). The van der Waals surface area contributed by atoms with E-state index < -0.39 is 16.3 Å². The summed E-state index contributed by atoms with van der Waals surface area (Å²) in [6.07, 6.45) is -1.15. The highest BCUT2D eigenvalue weighted by Crippen LogP contribution is 2.28. The molecule has 1 aromatic carbocycles. The summed E-state index contributed by atoms with van der Waals surface area (Å²) >= 11 is 0. The number of rotatable bonds is 4. The molecule has 0 bridgehead atoms. The summed E-state index contributed by atoms with van der Waals surface area (Å²) in [5, 5.41) is 9.46. The van der Waals surface area contributed by atoms with Gasteiger partial charge in [0.05, 0.1) is 19.9 Å². The van der Waals surface area contributed by atoms with E-state index in [0.29, 0.717) is 5.75 Å². The Morgan fingerprint density at radius 2 is 2.00 bits per heavy atom. The minimum Gasteiger partial charge on any atom is -0.506 e. The van der Waals surface area contributed by atoms with Gasteiger partial charge in [0.25, 0.3) is 0 Å². The van der Waals surface area contributed by atoms with Crippen molar-refractivity contribution < 1.29 is 27.8 Å². The molecule has 0 saturated heterocycles. The summed E-state index contributed by atoms with van der Waals surface area (Å²) in [6, 6.07) is 3.95. The highest BCUT2D eigenvalue weighted by Gasteiger charge is 2.16. The van der Waals surface area contributed by atoms with Crippen molar-refractivity contribution in [1.29, 1.82) is 0 Å². The molecule has 0 heterocycles. The van der Waals surface area contributed by atoms with Crippen molar-refractivity contribution >= 4 is 22.0 Å². The monoisotopic (exact) mass is 276 g/mol. The summed E-state index contributed by atoms with van der Waals surface area (Å²) < 4.78 is 35.4. The first-order chi connectivity index (χ1) is 8.38. The molecule has 3 N–H and O–H groups in total. The average molecular weight is 276 g/mol. The number of aromatic hydroxyl groups is 1. The van der Waals surface area contributed by atoms with E-state index in [9.17, 15) is 18.3 Å². The van der Waals surface area contributed by atoms with E-state index in [1.807, 2.05) is 4.72 Å². The van der Waals surface area contributed by atoms with Gasteiger partial charge in [-0.3, -0.25) is 4.72 Å². The van der Waals surface area contributed by atoms with Gasteiger partial charge < -0.3 is 14.6 Å². The number of benzene rings is 1. The Hall–Kier alpha value is -2.16. The maximum absolute atomic E-state index is 11.4. The summed E-state index contributed by atoms with van der Waals surface area (Å²) in [6.45, 7) is 0. The smallest absolute Gasteiger partial charge is 0.422 e. The van der Waals surface area contributed by atoms with Crippen molar-refractivity contribution in [3.63, 3.8) is 0 Å². The summed E-state index contributed by atoms with van der Waals surface area (Å²) in [4.78, 5) is 10.8. The van der Waals surface area contributed by atoms with Gasteiger partial charge in [-0.2, -0.15) is 8.42 Å². The van der Waals surface area contributed by atoms with Crippen molar-refractivity contribution in [2.45, 2.75) is 0 Å². The summed E-state index contributed by atoms with van der Waals surface area (Å²) in [7, 11) is -1.78. The van der Waals surface area contributed by atoms with Gasteiger partial charge >= 0.3 is 16.3 Å². The van der Waals surface area contributed by atoms with Gasteiger partial charge in [0.1, 0.15) is 11.5 Å². The standard InChI is InChI=1S/C9H12N2O6S/c1-16-6-3-4-8(12)7(5-6)10-18(14,15)11-9(13)17-2/h3-5,10,12H,1-2H3,(H,11,13). The Labute approximate surface area is 104 Å². The average Bonchev–Trinajstić information content (AvgIpc) is 2.31. The molecule has 1 amide bonds. The SMILES string of the molecule is COC(=O)NS(=O)(=O)Nc1cc(OC)ccc1O. The normalized spacial score (nSPS) is 10.6. The Bertz CT molecular complexity index is 542. The number of ether oxygens (including phenoxy) is 2. The van der Waals surface area contributed by atoms with Crippen LogP contribution in [-0.2, 0) is 14.9 Å². The van der Waals surface area contributed by atoms with Gasteiger partial charge in [0.2, 0.25) is 0 Å². The summed E-state index contributed by atoms with van der Waals surface area (Å²) in [5.74, 6) is 0.0228. The van der Waals surface area contributed by atoms with Crippen molar-refractivity contribution in [3.05, 3.63) is 18.2 Å². The fourth-order valence-corrected chi connectivity index (χ4v) is 1.85. The molecule has 18 heavy (non-hydrogen) atoms. The predicted molar refractivity (Wildman–Crippen MR) is 62.7 cm³/mol. The fourth-order valence-electron chi connectivity index (χ4n) is 1.05. The van der Waals surface area contributed by atoms with Crippen LogP contribution in [0.15, 0.2) is 18.2 Å². The molecule has 0 saturated carbocycles. The van der Waals surface area contributed by atoms with Crippen molar-refractivity contribution in [3.8, 4) is 11.5 Å². The number of hydrogen-bond acceptors (Lipinski definition) is 6. The van der Waals surface area contributed by atoms with Crippen LogP contribution in [0.4, 0.5) is 10.5 Å². The van der Waals surface area contributed by atoms with E-state index in [4.69, 9.17) is 4.74 Å². The van der Waals surface area contributed by atoms with E-state index in [1.165, 1.54) is 25.3 Å². The summed E-state index contributed by atoms with van der Waals surface area (Å²) in [5.41, 5.74) is -0.134. The van der Waals surface area contributed by atoms with Gasteiger partial charge in [0.15, 0.2) is 0 Å². The number of carbonyl (C=O) groups is 1. The molecule has 0 radical (unpaired) electrons. The minimum atomic E-state index is -4.18. The number of methoxy groups -OCH3 is 2. The lowest BCUT2D eigenvalue weighted by atomic mass is 10.3. The minimum absolute atomic E-state index is 0.134. The largest absolute Gasteiger partial charge is 0.506 e. The van der Waals surface area contributed by atoms with Crippen LogP contribution < -0.4 is 14.2 Å². The molecule has 1 aromatic rings.